The fourth-order valence-corrected chi connectivity index (χ4v) is 2.14. The van der Waals surface area contributed by atoms with Crippen molar-refractivity contribution in [1.29, 1.82) is 0 Å². The normalized spacial score (nSPS) is 10.4. The molecule has 0 aliphatic rings. The quantitative estimate of drug-likeness (QED) is 0.784. The second-order valence-electron chi connectivity index (χ2n) is 3.43. The van der Waals surface area contributed by atoms with Gasteiger partial charge in [-0.15, -0.1) is 0 Å². The van der Waals surface area contributed by atoms with Gasteiger partial charge in [0.1, 0.15) is 12.1 Å². The van der Waals surface area contributed by atoms with Crippen LogP contribution in [0.2, 0.25) is 10.0 Å². The maximum absolute atomic E-state index is 6.14. The predicted molar refractivity (Wildman–Crippen MR) is 79.2 cm³/mol. The van der Waals surface area contributed by atoms with Crippen LogP contribution in [0.4, 0.5) is 11.5 Å². The number of hydrogen-bond donors (Lipinski definition) is 1. The number of aryl methyl sites for hydroxylation is 1. The van der Waals surface area contributed by atoms with E-state index in [-0.39, 0.29) is 0 Å². The molecule has 1 aromatic heterocycles. The highest BCUT2D eigenvalue weighted by Crippen LogP contribution is 2.31. The molecule has 0 bridgehead atoms. The number of anilines is 2. The van der Waals surface area contributed by atoms with Crippen LogP contribution in [0.1, 0.15) is 5.56 Å². The monoisotopic (exact) mass is 379 g/mol. The molecule has 0 aliphatic carbocycles. The Morgan fingerprint density at radius 1 is 1.24 bits per heavy atom. The van der Waals surface area contributed by atoms with E-state index in [4.69, 9.17) is 23.2 Å². The minimum atomic E-state index is 0.612. The molecule has 0 saturated carbocycles. The summed E-state index contributed by atoms with van der Waals surface area (Å²) in [5.74, 6) is 0.711. The molecule has 1 N–H and O–H groups in total. The van der Waals surface area contributed by atoms with Crippen LogP contribution >= 0.6 is 45.8 Å². The first-order valence-electron chi connectivity index (χ1n) is 4.76. The molecule has 0 amide bonds. The SMILES string of the molecule is Cc1cc(Cl)c(Nc2ncncc2I)cc1Cl. The first kappa shape index (κ1) is 12.9. The van der Waals surface area contributed by atoms with Gasteiger partial charge < -0.3 is 5.32 Å². The summed E-state index contributed by atoms with van der Waals surface area (Å²) >= 11 is 14.3. The second kappa shape index (κ2) is 5.37. The van der Waals surface area contributed by atoms with Crippen LogP contribution in [0.5, 0.6) is 0 Å². The van der Waals surface area contributed by atoms with Gasteiger partial charge in [-0.1, -0.05) is 23.2 Å². The van der Waals surface area contributed by atoms with Gasteiger partial charge in [-0.25, -0.2) is 9.97 Å². The van der Waals surface area contributed by atoms with Crippen LogP contribution in [-0.4, -0.2) is 9.97 Å². The molecule has 0 aliphatic heterocycles. The summed E-state index contributed by atoms with van der Waals surface area (Å²) in [6, 6.07) is 3.61. The van der Waals surface area contributed by atoms with E-state index in [1.165, 1.54) is 6.33 Å². The smallest absolute Gasteiger partial charge is 0.147 e. The van der Waals surface area contributed by atoms with Gasteiger partial charge in [0, 0.05) is 11.2 Å². The zero-order valence-electron chi connectivity index (χ0n) is 8.84. The van der Waals surface area contributed by atoms with Crippen molar-refractivity contribution in [2.24, 2.45) is 0 Å². The van der Waals surface area contributed by atoms with Gasteiger partial charge in [0.15, 0.2) is 0 Å². The van der Waals surface area contributed by atoms with Gasteiger partial charge >= 0.3 is 0 Å². The molecular formula is C11H8Cl2IN3. The number of hydrogen-bond acceptors (Lipinski definition) is 3. The Hall–Kier alpha value is -0.590. The van der Waals surface area contributed by atoms with Crippen molar-refractivity contribution >= 4 is 57.3 Å². The summed E-state index contributed by atoms with van der Waals surface area (Å²) < 4.78 is 0.915. The maximum atomic E-state index is 6.14. The van der Waals surface area contributed by atoms with E-state index in [2.05, 4.69) is 37.9 Å². The average Bonchev–Trinajstić information content (AvgIpc) is 2.29. The van der Waals surface area contributed by atoms with Crippen LogP contribution in [0.3, 0.4) is 0 Å². The molecule has 0 saturated heterocycles. The minimum absolute atomic E-state index is 0.612. The summed E-state index contributed by atoms with van der Waals surface area (Å²) in [5.41, 5.74) is 1.68. The zero-order chi connectivity index (χ0) is 12.4. The minimum Gasteiger partial charge on any atom is -0.338 e. The van der Waals surface area contributed by atoms with Crippen LogP contribution < -0.4 is 5.32 Å². The van der Waals surface area contributed by atoms with Crippen molar-refractivity contribution in [2.45, 2.75) is 6.92 Å². The lowest BCUT2D eigenvalue weighted by Gasteiger charge is -2.10. The molecule has 3 nitrogen and oxygen atoms in total. The highest BCUT2D eigenvalue weighted by atomic mass is 127. The Morgan fingerprint density at radius 2 is 2.00 bits per heavy atom. The highest BCUT2D eigenvalue weighted by Gasteiger charge is 2.07. The third kappa shape index (κ3) is 3.00. The molecular weight excluding hydrogens is 372 g/mol. The lowest BCUT2D eigenvalue weighted by Crippen LogP contribution is -1.98. The fourth-order valence-electron chi connectivity index (χ4n) is 1.27. The summed E-state index contributed by atoms with van der Waals surface area (Å²) in [5, 5.41) is 4.41. The van der Waals surface area contributed by atoms with Gasteiger partial charge in [0.2, 0.25) is 0 Å². The Kier molecular flexibility index (Phi) is 4.06. The van der Waals surface area contributed by atoms with E-state index < -0.39 is 0 Å². The van der Waals surface area contributed by atoms with E-state index in [9.17, 15) is 0 Å². The molecule has 1 aromatic carbocycles. The van der Waals surface area contributed by atoms with Crippen molar-refractivity contribution < 1.29 is 0 Å². The molecule has 0 unspecified atom stereocenters. The summed E-state index contributed by atoms with van der Waals surface area (Å²) in [6.45, 7) is 1.91. The van der Waals surface area contributed by atoms with E-state index in [1.54, 1.807) is 12.3 Å². The first-order valence-corrected chi connectivity index (χ1v) is 6.59. The first-order chi connectivity index (χ1) is 8.08. The number of rotatable bonds is 2. The third-order valence-corrected chi connectivity index (χ3v) is 3.68. The van der Waals surface area contributed by atoms with E-state index >= 15 is 0 Å². The van der Waals surface area contributed by atoms with Gasteiger partial charge in [-0.2, -0.15) is 0 Å². The lowest BCUT2D eigenvalue weighted by atomic mass is 10.2. The van der Waals surface area contributed by atoms with E-state index in [1.807, 2.05) is 13.0 Å². The molecule has 17 heavy (non-hydrogen) atoms. The number of halogens is 3. The molecule has 0 spiro atoms. The number of benzene rings is 1. The standard InChI is InChI=1S/C11H8Cl2IN3/c1-6-2-8(13)10(3-7(6)12)17-11-9(14)4-15-5-16-11/h2-5H,1H3,(H,15,16,17). The largest absolute Gasteiger partial charge is 0.338 e. The molecule has 0 atom stereocenters. The molecule has 2 rings (SSSR count). The van der Waals surface area contributed by atoms with Crippen LogP contribution in [0.25, 0.3) is 0 Å². The van der Waals surface area contributed by atoms with Gasteiger partial charge in [0.05, 0.1) is 14.3 Å². The van der Waals surface area contributed by atoms with Crippen molar-refractivity contribution in [3.05, 3.63) is 43.8 Å². The van der Waals surface area contributed by atoms with Gasteiger partial charge in [-0.3, -0.25) is 0 Å². The lowest BCUT2D eigenvalue weighted by molar-refractivity contribution is 1.15. The van der Waals surface area contributed by atoms with Crippen molar-refractivity contribution in [3.63, 3.8) is 0 Å². The van der Waals surface area contributed by atoms with E-state index in [0.717, 1.165) is 14.8 Å². The van der Waals surface area contributed by atoms with Crippen LogP contribution in [-0.2, 0) is 0 Å². The number of nitrogens with zero attached hydrogens (tertiary/aromatic N) is 2. The molecule has 0 fully saturated rings. The summed E-state index contributed by atoms with van der Waals surface area (Å²) in [4.78, 5) is 8.06. The Balaban J connectivity index is 2.37. The molecule has 2 aromatic rings. The number of nitrogens with one attached hydrogen (secondary N) is 1. The molecule has 6 heteroatoms. The third-order valence-electron chi connectivity index (χ3n) is 2.17. The summed E-state index contributed by atoms with van der Waals surface area (Å²) in [7, 11) is 0. The Labute approximate surface area is 123 Å². The zero-order valence-corrected chi connectivity index (χ0v) is 12.5. The fraction of sp³-hybridized carbons (Fsp3) is 0.0909. The molecule has 1 heterocycles. The average molecular weight is 380 g/mol. The number of aromatic nitrogens is 2. The van der Waals surface area contributed by atoms with Crippen LogP contribution in [0, 0.1) is 10.5 Å². The van der Waals surface area contributed by atoms with E-state index in [0.29, 0.717) is 15.9 Å². The van der Waals surface area contributed by atoms with Crippen molar-refractivity contribution in [2.75, 3.05) is 5.32 Å². The second-order valence-corrected chi connectivity index (χ2v) is 5.40. The van der Waals surface area contributed by atoms with Crippen molar-refractivity contribution in [1.82, 2.24) is 9.97 Å². The highest BCUT2D eigenvalue weighted by molar-refractivity contribution is 14.1. The van der Waals surface area contributed by atoms with Gasteiger partial charge in [-0.05, 0) is 47.2 Å². The molecule has 88 valence electrons. The Morgan fingerprint density at radius 3 is 2.71 bits per heavy atom. The van der Waals surface area contributed by atoms with Crippen molar-refractivity contribution in [3.8, 4) is 0 Å². The Bertz CT molecular complexity index is 560. The molecule has 0 radical (unpaired) electrons. The topological polar surface area (TPSA) is 37.8 Å². The predicted octanol–water partition coefficient (Wildman–Crippen LogP) is 4.44. The van der Waals surface area contributed by atoms with Crippen LogP contribution in [0.15, 0.2) is 24.7 Å². The van der Waals surface area contributed by atoms with Gasteiger partial charge in [0.25, 0.3) is 0 Å². The maximum Gasteiger partial charge on any atom is 0.147 e. The summed E-state index contributed by atoms with van der Waals surface area (Å²) in [6.07, 6.45) is 3.20.